The average Bonchev–Trinajstić information content (AvgIpc) is 3.72. The Morgan fingerprint density at radius 1 is 0.511 bits per heavy atom. The lowest BCUT2D eigenvalue weighted by Crippen LogP contribution is -2.21. The average molecular weight is 582 g/mol. The first kappa shape index (κ1) is 26.8. The fraction of sp³-hybridized carbons (Fsp3) is 0.227. The van der Waals surface area contributed by atoms with Crippen molar-refractivity contribution in [3.05, 3.63) is 149 Å². The lowest BCUT2D eigenvalue weighted by Gasteiger charge is -2.32. The van der Waals surface area contributed by atoms with Crippen molar-refractivity contribution in [3.8, 4) is 22.3 Å². The van der Waals surface area contributed by atoms with Gasteiger partial charge in [0.2, 0.25) is 0 Å². The second-order valence-electron chi connectivity index (χ2n) is 14.2. The number of hydrogen-bond acceptors (Lipinski definition) is 1. The molecule has 3 aliphatic carbocycles. The summed E-state index contributed by atoms with van der Waals surface area (Å²) in [6.45, 7) is 9.27. The summed E-state index contributed by atoms with van der Waals surface area (Å²) in [5.74, 6) is 0. The zero-order valence-corrected chi connectivity index (χ0v) is 26.7. The molecule has 1 spiro atoms. The van der Waals surface area contributed by atoms with Gasteiger partial charge in [0.25, 0.3) is 0 Å². The molecule has 9 rings (SSSR count). The van der Waals surface area contributed by atoms with Crippen molar-refractivity contribution in [2.24, 2.45) is 0 Å². The quantitative estimate of drug-likeness (QED) is 0.201. The Labute approximate surface area is 267 Å². The van der Waals surface area contributed by atoms with E-state index < -0.39 is 0 Å². The van der Waals surface area contributed by atoms with Crippen LogP contribution in [-0.4, -0.2) is 0 Å². The fourth-order valence-corrected chi connectivity index (χ4v) is 9.26. The van der Waals surface area contributed by atoms with Gasteiger partial charge >= 0.3 is 0 Å². The summed E-state index contributed by atoms with van der Waals surface area (Å²) in [6.07, 6.45) is 5.06. The van der Waals surface area contributed by atoms with Gasteiger partial charge in [-0.2, -0.15) is 0 Å². The van der Waals surface area contributed by atoms with Gasteiger partial charge in [0, 0.05) is 27.6 Å². The van der Waals surface area contributed by atoms with Crippen molar-refractivity contribution in [1.29, 1.82) is 0 Å². The van der Waals surface area contributed by atoms with Crippen molar-refractivity contribution in [2.75, 3.05) is 4.90 Å². The summed E-state index contributed by atoms with van der Waals surface area (Å²) in [5.41, 5.74) is 17.9. The normalized spacial score (nSPS) is 16.4. The zero-order chi connectivity index (χ0) is 30.5. The molecule has 1 heteroatoms. The van der Waals surface area contributed by atoms with E-state index in [2.05, 4.69) is 148 Å². The van der Waals surface area contributed by atoms with Crippen LogP contribution in [0.4, 0.5) is 17.1 Å². The number of benzene rings is 6. The number of nitrogens with zero attached hydrogens (tertiary/aromatic N) is 1. The highest BCUT2D eigenvalue weighted by Gasteiger charge is 2.45. The van der Waals surface area contributed by atoms with Gasteiger partial charge in [-0.25, -0.2) is 0 Å². The third kappa shape index (κ3) is 3.61. The van der Waals surface area contributed by atoms with E-state index in [0.717, 1.165) is 0 Å². The molecule has 45 heavy (non-hydrogen) atoms. The van der Waals surface area contributed by atoms with E-state index >= 15 is 0 Å². The third-order valence-corrected chi connectivity index (χ3v) is 11.5. The highest BCUT2D eigenvalue weighted by atomic mass is 15.1. The zero-order valence-electron chi connectivity index (χ0n) is 26.7. The van der Waals surface area contributed by atoms with Gasteiger partial charge in [0.1, 0.15) is 0 Å². The highest BCUT2D eigenvalue weighted by molar-refractivity contribution is 6.03. The van der Waals surface area contributed by atoms with E-state index in [4.69, 9.17) is 0 Å². The minimum Gasteiger partial charge on any atom is -0.310 e. The molecule has 1 fully saturated rings. The topological polar surface area (TPSA) is 3.24 Å². The molecule has 6 aromatic carbocycles. The molecule has 0 saturated heterocycles. The van der Waals surface area contributed by atoms with Crippen LogP contribution in [0.2, 0.25) is 0 Å². The first-order chi connectivity index (χ1) is 21.9. The summed E-state index contributed by atoms with van der Waals surface area (Å²) < 4.78 is 0. The molecule has 220 valence electrons. The predicted octanol–water partition coefficient (Wildman–Crippen LogP) is 12.1. The lowest BCUT2D eigenvalue weighted by atomic mass is 9.76. The largest absolute Gasteiger partial charge is 0.310 e. The lowest BCUT2D eigenvalue weighted by molar-refractivity contribution is 0.550. The van der Waals surface area contributed by atoms with Gasteiger partial charge in [-0.3, -0.25) is 0 Å². The molecule has 0 amide bonds. The molecule has 1 nitrogen and oxygen atoms in total. The molecule has 0 aliphatic heterocycles. The van der Waals surface area contributed by atoms with E-state index in [1.165, 1.54) is 109 Å². The van der Waals surface area contributed by atoms with E-state index in [-0.39, 0.29) is 10.8 Å². The van der Waals surface area contributed by atoms with Gasteiger partial charge in [0.15, 0.2) is 0 Å². The summed E-state index contributed by atoms with van der Waals surface area (Å²) in [7, 11) is 0. The van der Waals surface area contributed by atoms with Gasteiger partial charge in [-0.15, -0.1) is 0 Å². The van der Waals surface area contributed by atoms with Crippen LogP contribution in [0.5, 0.6) is 0 Å². The van der Waals surface area contributed by atoms with Crippen LogP contribution in [0, 0.1) is 13.8 Å². The minimum absolute atomic E-state index is 0.0631. The molecule has 0 unspecified atom stereocenters. The van der Waals surface area contributed by atoms with Crippen LogP contribution in [-0.2, 0) is 10.8 Å². The Morgan fingerprint density at radius 2 is 1.11 bits per heavy atom. The summed E-state index contributed by atoms with van der Waals surface area (Å²) >= 11 is 0. The maximum absolute atomic E-state index is 2.56. The summed E-state index contributed by atoms with van der Waals surface area (Å²) in [4.78, 5) is 2.56. The molecule has 0 N–H and O–H groups in total. The number of rotatable bonds is 3. The van der Waals surface area contributed by atoms with E-state index in [0.29, 0.717) is 0 Å². The molecular weight excluding hydrogens is 542 g/mol. The molecule has 1 saturated carbocycles. The van der Waals surface area contributed by atoms with Crippen molar-refractivity contribution in [1.82, 2.24) is 0 Å². The number of fused-ring (bicyclic) bond motifs is 9. The number of anilines is 3. The standard InChI is InChI=1S/C44H39N/c1-28-18-23-41(42-29(2)12-11-15-32(28)42)45(30-19-21-35-33-13-5-7-16-37(33)43(3,4)39(35)26-30)31-20-22-36-34-14-6-8-17-38(34)44(40(36)27-31)24-9-10-25-44/h5-8,11-23,26-27H,9-10,24-25H2,1-4H3. The van der Waals surface area contributed by atoms with Crippen LogP contribution in [0.15, 0.2) is 115 Å². The van der Waals surface area contributed by atoms with Crippen molar-refractivity contribution < 1.29 is 0 Å². The van der Waals surface area contributed by atoms with Crippen LogP contribution in [0.25, 0.3) is 33.0 Å². The maximum Gasteiger partial charge on any atom is 0.0542 e. The highest BCUT2D eigenvalue weighted by Crippen LogP contribution is 2.58. The van der Waals surface area contributed by atoms with Crippen LogP contribution in [0.1, 0.15) is 72.9 Å². The molecule has 0 aromatic heterocycles. The number of aryl methyl sites for hydroxylation is 2. The molecule has 0 radical (unpaired) electrons. The van der Waals surface area contributed by atoms with Crippen molar-refractivity contribution in [2.45, 2.75) is 64.2 Å². The Balaban J connectivity index is 1.31. The van der Waals surface area contributed by atoms with Crippen LogP contribution < -0.4 is 4.90 Å². The van der Waals surface area contributed by atoms with Gasteiger partial charge in [-0.1, -0.05) is 112 Å². The summed E-state index contributed by atoms with van der Waals surface area (Å²) in [6, 6.07) is 44.1. The SMILES string of the molecule is Cc1ccc(N(c2ccc3c(c2)C(C)(C)c2ccccc2-3)c2ccc3c(c2)C2(CCCC2)c2ccccc2-3)c2c(C)cccc12. The molecule has 0 heterocycles. The molecule has 0 atom stereocenters. The molecular formula is C44H39N. The fourth-order valence-electron chi connectivity index (χ4n) is 9.26. The van der Waals surface area contributed by atoms with Gasteiger partial charge < -0.3 is 4.90 Å². The second-order valence-corrected chi connectivity index (χ2v) is 14.2. The Bertz CT molecular complexity index is 2170. The molecule has 6 aromatic rings. The Kier molecular flexibility index (Phi) is 5.61. The third-order valence-electron chi connectivity index (χ3n) is 11.5. The van der Waals surface area contributed by atoms with E-state index in [9.17, 15) is 0 Å². The number of hydrogen-bond donors (Lipinski definition) is 0. The first-order valence-corrected chi connectivity index (χ1v) is 16.7. The summed E-state index contributed by atoms with van der Waals surface area (Å²) in [5, 5.41) is 2.66. The smallest absolute Gasteiger partial charge is 0.0542 e. The Hall–Kier alpha value is -4.62. The monoisotopic (exact) mass is 581 g/mol. The van der Waals surface area contributed by atoms with Gasteiger partial charge in [-0.05, 0) is 118 Å². The Morgan fingerprint density at radius 3 is 1.84 bits per heavy atom. The van der Waals surface area contributed by atoms with Crippen LogP contribution in [0.3, 0.4) is 0 Å². The van der Waals surface area contributed by atoms with E-state index in [1.54, 1.807) is 0 Å². The predicted molar refractivity (Wildman–Crippen MR) is 190 cm³/mol. The molecule has 3 aliphatic rings. The maximum atomic E-state index is 2.56. The van der Waals surface area contributed by atoms with Gasteiger partial charge in [0.05, 0.1) is 5.69 Å². The first-order valence-electron chi connectivity index (χ1n) is 16.7. The molecule has 0 bridgehead atoms. The second kappa shape index (κ2) is 9.44. The van der Waals surface area contributed by atoms with Crippen molar-refractivity contribution in [3.63, 3.8) is 0 Å². The minimum atomic E-state index is -0.0631. The van der Waals surface area contributed by atoms with Crippen molar-refractivity contribution >= 4 is 27.8 Å². The van der Waals surface area contributed by atoms with E-state index in [1.807, 2.05) is 0 Å². The van der Waals surface area contributed by atoms with Crippen LogP contribution >= 0.6 is 0 Å².